The molecule has 128 valence electrons. The number of fused-ring (bicyclic) bond motifs is 1. The van der Waals surface area contributed by atoms with Gasteiger partial charge in [-0.2, -0.15) is 0 Å². The van der Waals surface area contributed by atoms with Gasteiger partial charge in [0.1, 0.15) is 5.65 Å². The van der Waals surface area contributed by atoms with Crippen LogP contribution in [0.1, 0.15) is 24.5 Å². The molecular weight excluding hydrogens is 367 g/mol. The number of aromatic nitrogens is 3. The lowest BCUT2D eigenvalue weighted by atomic mass is 9.95. The Labute approximate surface area is 158 Å². The molecule has 1 saturated heterocycles. The third kappa shape index (κ3) is 3.67. The van der Waals surface area contributed by atoms with Crippen molar-refractivity contribution in [3.05, 3.63) is 53.4 Å². The highest BCUT2D eigenvalue weighted by molar-refractivity contribution is 6.30. The molecule has 1 fully saturated rings. The number of hydrogen-bond acceptors (Lipinski definition) is 3. The zero-order valence-electron chi connectivity index (χ0n) is 13.0. The van der Waals surface area contributed by atoms with Crippen LogP contribution < -0.4 is 5.32 Å². The first-order valence-electron chi connectivity index (χ1n) is 7.62. The van der Waals surface area contributed by atoms with Crippen LogP contribution in [0.4, 0.5) is 0 Å². The Balaban J connectivity index is 0.00000104. The molecule has 0 amide bonds. The van der Waals surface area contributed by atoms with E-state index in [9.17, 15) is 0 Å². The standard InChI is InChI=1S/C17H17ClN4.2ClH/c18-13-6-7-17-20-10-16(22(17)11-13)15-5-1-4-14(21-15)12-3-2-8-19-9-12;;/h1,4-7,10-12,19H,2-3,8-9H2;2*1H. The van der Waals surface area contributed by atoms with E-state index < -0.39 is 0 Å². The Morgan fingerprint density at radius 3 is 2.83 bits per heavy atom. The minimum Gasteiger partial charge on any atom is -0.316 e. The molecule has 0 bridgehead atoms. The van der Waals surface area contributed by atoms with Crippen LogP contribution in [0.25, 0.3) is 17.0 Å². The lowest BCUT2D eigenvalue weighted by molar-refractivity contribution is 0.455. The number of pyridine rings is 2. The quantitative estimate of drug-likeness (QED) is 0.712. The molecule has 4 nitrogen and oxygen atoms in total. The molecule has 0 aliphatic carbocycles. The van der Waals surface area contributed by atoms with Crippen molar-refractivity contribution in [2.45, 2.75) is 18.8 Å². The van der Waals surface area contributed by atoms with Gasteiger partial charge in [0.2, 0.25) is 0 Å². The molecule has 1 aliphatic rings. The third-order valence-electron chi connectivity index (χ3n) is 4.22. The Hall–Kier alpha value is -1.33. The van der Waals surface area contributed by atoms with Gasteiger partial charge in [-0.25, -0.2) is 4.98 Å². The number of hydrogen-bond donors (Lipinski definition) is 1. The summed E-state index contributed by atoms with van der Waals surface area (Å²) < 4.78 is 1.99. The van der Waals surface area contributed by atoms with Crippen LogP contribution in [0.15, 0.2) is 42.7 Å². The number of nitrogens with zero attached hydrogens (tertiary/aromatic N) is 3. The predicted molar refractivity (Wildman–Crippen MR) is 103 cm³/mol. The molecule has 7 heteroatoms. The Morgan fingerprint density at radius 2 is 2.04 bits per heavy atom. The summed E-state index contributed by atoms with van der Waals surface area (Å²) in [6.07, 6.45) is 6.15. The topological polar surface area (TPSA) is 42.2 Å². The van der Waals surface area contributed by atoms with Crippen molar-refractivity contribution in [3.8, 4) is 11.4 Å². The molecule has 0 aromatic carbocycles. The minimum absolute atomic E-state index is 0. The first-order valence-corrected chi connectivity index (χ1v) is 8.00. The second kappa shape index (κ2) is 8.17. The van der Waals surface area contributed by atoms with Crippen LogP contribution in [0.2, 0.25) is 5.02 Å². The van der Waals surface area contributed by atoms with E-state index in [-0.39, 0.29) is 24.8 Å². The summed E-state index contributed by atoms with van der Waals surface area (Å²) in [4.78, 5) is 9.31. The highest BCUT2D eigenvalue weighted by Crippen LogP contribution is 2.25. The molecule has 4 heterocycles. The maximum Gasteiger partial charge on any atom is 0.137 e. The second-order valence-electron chi connectivity index (χ2n) is 5.71. The van der Waals surface area contributed by atoms with Crippen molar-refractivity contribution in [1.82, 2.24) is 19.7 Å². The maximum atomic E-state index is 6.11. The van der Waals surface area contributed by atoms with Gasteiger partial charge in [-0.3, -0.25) is 9.38 Å². The Bertz CT molecular complexity index is 812. The van der Waals surface area contributed by atoms with Gasteiger partial charge in [0.15, 0.2) is 0 Å². The van der Waals surface area contributed by atoms with Crippen LogP contribution in [-0.4, -0.2) is 27.5 Å². The fourth-order valence-electron chi connectivity index (χ4n) is 3.07. The molecule has 1 unspecified atom stereocenters. The molecule has 0 saturated carbocycles. The van der Waals surface area contributed by atoms with Gasteiger partial charge < -0.3 is 5.32 Å². The van der Waals surface area contributed by atoms with Gasteiger partial charge in [0.25, 0.3) is 0 Å². The van der Waals surface area contributed by atoms with Gasteiger partial charge in [0, 0.05) is 24.4 Å². The molecule has 0 spiro atoms. The first-order chi connectivity index (χ1) is 10.8. The summed E-state index contributed by atoms with van der Waals surface area (Å²) in [6, 6.07) is 10.0. The van der Waals surface area contributed by atoms with Gasteiger partial charge in [-0.05, 0) is 43.7 Å². The molecule has 3 aromatic rings. The van der Waals surface area contributed by atoms with Crippen molar-refractivity contribution in [1.29, 1.82) is 0 Å². The van der Waals surface area contributed by atoms with Gasteiger partial charge in [-0.15, -0.1) is 24.8 Å². The highest BCUT2D eigenvalue weighted by atomic mass is 35.5. The van der Waals surface area contributed by atoms with E-state index in [0.717, 1.165) is 35.8 Å². The summed E-state index contributed by atoms with van der Waals surface area (Å²) in [5.41, 5.74) is 3.95. The average Bonchev–Trinajstić information content (AvgIpc) is 2.99. The smallest absolute Gasteiger partial charge is 0.137 e. The van der Waals surface area contributed by atoms with Crippen molar-refractivity contribution >= 4 is 42.1 Å². The molecule has 1 aliphatic heterocycles. The van der Waals surface area contributed by atoms with Crippen molar-refractivity contribution in [2.24, 2.45) is 0 Å². The van der Waals surface area contributed by atoms with Crippen LogP contribution in [-0.2, 0) is 0 Å². The van der Waals surface area contributed by atoms with Gasteiger partial charge >= 0.3 is 0 Å². The fraction of sp³-hybridized carbons (Fsp3) is 0.294. The van der Waals surface area contributed by atoms with Crippen LogP contribution >= 0.6 is 36.4 Å². The summed E-state index contributed by atoms with van der Waals surface area (Å²) in [7, 11) is 0. The van der Waals surface area contributed by atoms with E-state index in [0.29, 0.717) is 10.9 Å². The monoisotopic (exact) mass is 384 g/mol. The average molecular weight is 386 g/mol. The predicted octanol–water partition coefficient (Wildman–Crippen LogP) is 4.36. The van der Waals surface area contributed by atoms with Crippen LogP contribution in [0, 0.1) is 0 Å². The molecule has 24 heavy (non-hydrogen) atoms. The van der Waals surface area contributed by atoms with Crippen LogP contribution in [0.5, 0.6) is 0 Å². The minimum atomic E-state index is 0. The van der Waals surface area contributed by atoms with Crippen molar-refractivity contribution in [2.75, 3.05) is 13.1 Å². The lowest BCUT2D eigenvalue weighted by Gasteiger charge is -2.22. The van der Waals surface area contributed by atoms with Crippen molar-refractivity contribution in [3.63, 3.8) is 0 Å². The Morgan fingerprint density at radius 1 is 1.17 bits per heavy atom. The zero-order valence-corrected chi connectivity index (χ0v) is 15.4. The van der Waals surface area contributed by atoms with Gasteiger partial charge in [0.05, 0.1) is 22.6 Å². The van der Waals surface area contributed by atoms with E-state index >= 15 is 0 Å². The zero-order chi connectivity index (χ0) is 14.9. The van der Waals surface area contributed by atoms with E-state index in [1.165, 1.54) is 12.8 Å². The Kier molecular flexibility index (Phi) is 6.47. The number of rotatable bonds is 2. The molecule has 1 atom stereocenters. The lowest BCUT2D eigenvalue weighted by Crippen LogP contribution is -2.28. The third-order valence-corrected chi connectivity index (χ3v) is 4.44. The van der Waals surface area contributed by atoms with E-state index in [1.54, 1.807) is 0 Å². The number of halogens is 3. The fourth-order valence-corrected chi connectivity index (χ4v) is 3.23. The molecule has 3 aromatic heterocycles. The number of imidazole rings is 1. The van der Waals surface area contributed by atoms with Crippen molar-refractivity contribution < 1.29 is 0 Å². The largest absolute Gasteiger partial charge is 0.316 e. The molecular formula is C17H19Cl3N4. The summed E-state index contributed by atoms with van der Waals surface area (Å²) in [5.74, 6) is 0.497. The molecule has 4 rings (SSSR count). The van der Waals surface area contributed by atoms with Gasteiger partial charge in [-0.1, -0.05) is 17.7 Å². The number of piperidine rings is 1. The first kappa shape index (κ1) is 19.0. The maximum absolute atomic E-state index is 6.11. The van der Waals surface area contributed by atoms with E-state index in [2.05, 4.69) is 22.4 Å². The summed E-state index contributed by atoms with van der Waals surface area (Å²) in [5, 5.41) is 4.14. The summed E-state index contributed by atoms with van der Waals surface area (Å²) >= 11 is 6.11. The normalized spacial score (nSPS) is 17.1. The molecule has 1 N–H and O–H groups in total. The van der Waals surface area contributed by atoms with E-state index in [4.69, 9.17) is 16.6 Å². The second-order valence-corrected chi connectivity index (χ2v) is 6.15. The number of nitrogens with one attached hydrogen (secondary N) is 1. The van der Waals surface area contributed by atoms with E-state index in [1.807, 2.05) is 35.0 Å². The SMILES string of the molecule is Cl.Cl.Clc1ccc2ncc(-c3cccc(C4CCCNC4)n3)n2c1. The summed E-state index contributed by atoms with van der Waals surface area (Å²) in [6.45, 7) is 2.12. The van der Waals surface area contributed by atoms with Crippen LogP contribution in [0.3, 0.4) is 0 Å². The molecule has 0 radical (unpaired) electrons. The highest BCUT2D eigenvalue weighted by Gasteiger charge is 2.17.